The second-order valence-electron chi connectivity index (χ2n) is 7.20. The lowest BCUT2D eigenvalue weighted by Crippen LogP contribution is -2.32. The van der Waals surface area contributed by atoms with Crippen molar-refractivity contribution in [1.29, 1.82) is 0 Å². The minimum atomic E-state index is -4.29. The van der Waals surface area contributed by atoms with Crippen LogP contribution in [0.2, 0.25) is 0 Å². The Morgan fingerprint density at radius 3 is 2.00 bits per heavy atom. The zero-order valence-corrected chi connectivity index (χ0v) is 15.6. The van der Waals surface area contributed by atoms with Crippen LogP contribution in [0.15, 0.2) is 48.5 Å². The Labute approximate surface area is 159 Å². The van der Waals surface area contributed by atoms with E-state index in [0.717, 1.165) is 42.8 Å². The number of rotatable bonds is 7. The number of hydrogen-bond donors (Lipinski definition) is 1. The molecule has 1 fully saturated rings. The maximum absolute atomic E-state index is 12.6. The molecule has 1 saturated heterocycles. The molecule has 2 nitrogen and oxygen atoms in total. The summed E-state index contributed by atoms with van der Waals surface area (Å²) >= 11 is 0. The zero-order chi connectivity index (χ0) is 19.1. The van der Waals surface area contributed by atoms with Crippen LogP contribution in [0.3, 0.4) is 0 Å². The fourth-order valence-electron chi connectivity index (χ4n) is 3.51. The molecule has 0 atom stereocenters. The van der Waals surface area contributed by atoms with Crippen molar-refractivity contribution in [3.8, 4) is 11.1 Å². The first-order valence-corrected chi connectivity index (χ1v) is 9.72. The molecule has 0 bridgehead atoms. The van der Waals surface area contributed by atoms with Gasteiger partial charge in [-0.3, -0.25) is 0 Å². The van der Waals surface area contributed by atoms with Crippen molar-refractivity contribution in [2.24, 2.45) is 0 Å². The third kappa shape index (κ3) is 6.08. The molecule has 0 unspecified atom stereocenters. The van der Waals surface area contributed by atoms with Gasteiger partial charge in [-0.05, 0) is 74.3 Å². The number of alkyl halides is 3. The lowest BCUT2D eigenvalue weighted by atomic mass is 10.0. The number of likely N-dealkylation sites (tertiary alicyclic amines) is 1. The first kappa shape index (κ1) is 19.9. The molecule has 0 saturated carbocycles. The molecule has 146 valence electrons. The van der Waals surface area contributed by atoms with Crippen LogP contribution >= 0.6 is 0 Å². The molecule has 0 aliphatic carbocycles. The van der Waals surface area contributed by atoms with Crippen molar-refractivity contribution in [2.45, 2.75) is 38.4 Å². The average Bonchev–Trinajstić information content (AvgIpc) is 2.68. The Morgan fingerprint density at radius 1 is 0.815 bits per heavy atom. The molecule has 5 heteroatoms. The van der Waals surface area contributed by atoms with Gasteiger partial charge in [0.1, 0.15) is 0 Å². The van der Waals surface area contributed by atoms with E-state index in [1.165, 1.54) is 56.6 Å². The molecule has 27 heavy (non-hydrogen) atoms. The van der Waals surface area contributed by atoms with Gasteiger partial charge in [0, 0.05) is 6.54 Å². The third-order valence-corrected chi connectivity index (χ3v) is 5.11. The van der Waals surface area contributed by atoms with Crippen molar-refractivity contribution in [3.05, 3.63) is 59.7 Å². The maximum atomic E-state index is 12.6. The molecule has 2 aromatic carbocycles. The molecular formula is C22H27F3N2. The molecule has 1 aliphatic rings. The van der Waals surface area contributed by atoms with Gasteiger partial charge in [-0.2, -0.15) is 13.2 Å². The highest BCUT2D eigenvalue weighted by molar-refractivity contribution is 5.64. The van der Waals surface area contributed by atoms with Crippen LogP contribution in [0.4, 0.5) is 13.2 Å². The quantitative estimate of drug-likeness (QED) is 0.657. The van der Waals surface area contributed by atoms with Crippen LogP contribution in [0.5, 0.6) is 0 Å². The molecule has 0 amide bonds. The number of hydrogen-bond acceptors (Lipinski definition) is 2. The fraction of sp³-hybridized carbons (Fsp3) is 0.455. The predicted molar refractivity (Wildman–Crippen MR) is 103 cm³/mol. The number of piperidine rings is 1. The van der Waals surface area contributed by atoms with E-state index in [9.17, 15) is 13.2 Å². The fourth-order valence-corrected chi connectivity index (χ4v) is 3.51. The number of benzene rings is 2. The Morgan fingerprint density at radius 2 is 1.41 bits per heavy atom. The van der Waals surface area contributed by atoms with E-state index in [1.807, 2.05) is 24.3 Å². The van der Waals surface area contributed by atoms with Crippen LogP contribution < -0.4 is 5.32 Å². The smallest absolute Gasteiger partial charge is 0.313 e. The lowest BCUT2D eigenvalue weighted by molar-refractivity contribution is -0.137. The largest absolute Gasteiger partial charge is 0.416 e. The van der Waals surface area contributed by atoms with E-state index in [-0.39, 0.29) is 0 Å². The third-order valence-electron chi connectivity index (χ3n) is 5.11. The monoisotopic (exact) mass is 376 g/mol. The minimum absolute atomic E-state index is 0.614. The van der Waals surface area contributed by atoms with Crippen molar-refractivity contribution in [2.75, 3.05) is 26.2 Å². The Kier molecular flexibility index (Phi) is 6.91. The van der Waals surface area contributed by atoms with Crippen LogP contribution in [0.25, 0.3) is 11.1 Å². The second-order valence-corrected chi connectivity index (χ2v) is 7.20. The van der Waals surface area contributed by atoms with Crippen molar-refractivity contribution in [1.82, 2.24) is 10.2 Å². The summed E-state index contributed by atoms with van der Waals surface area (Å²) in [5.41, 5.74) is 2.29. The van der Waals surface area contributed by atoms with E-state index in [2.05, 4.69) is 10.2 Å². The molecule has 1 heterocycles. The van der Waals surface area contributed by atoms with Gasteiger partial charge < -0.3 is 10.2 Å². The van der Waals surface area contributed by atoms with Gasteiger partial charge in [0.2, 0.25) is 0 Å². The van der Waals surface area contributed by atoms with Crippen LogP contribution in [-0.4, -0.2) is 31.1 Å². The van der Waals surface area contributed by atoms with E-state index in [1.54, 1.807) is 0 Å². The maximum Gasteiger partial charge on any atom is 0.416 e. The average molecular weight is 376 g/mol. The topological polar surface area (TPSA) is 15.3 Å². The van der Waals surface area contributed by atoms with E-state index < -0.39 is 11.7 Å². The summed E-state index contributed by atoms with van der Waals surface area (Å²) in [5.74, 6) is 0. The summed E-state index contributed by atoms with van der Waals surface area (Å²) in [7, 11) is 0. The van der Waals surface area contributed by atoms with Gasteiger partial charge in [0.15, 0.2) is 0 Å². The summed E-state index contributed by atoms with van der Waals surface area (Å²) in [6.45, 7) is 5.46. The van der Waals surface area contributed by atoms with Gasteiger partial charge in [0.05, 0.1) is 5.56 Å². The molecule has 0 spiro atoms. The summed E-state index contributed by atoms with van der Waals surface area (Å²) in [5, 5.41) is 3.47. The highest BCUT2D eigenvalue weighted by Gasteiger charge is 2.29. The van der Waals surface area contributed by atoms with Crippen molar-refractivity contribution < 1.29 is 13.2 Å². The summed E-state index contributed by atoms with van der Waals surface area (Å²) in [6.07, 6.45) is 0.903. The first-order valence-electron chi connectivity index (χ1n) is 9.72. The standard InChI is InChI=1S/C22H27F3N2/c23-22(24,25)21-11-9-20(10-12-21)19-7-5-18(6-8-19)17-26-13-4-16-27-14-2-1-3-15-27/h5-12,26H,1-4,13-17H2. The van der Waals surface area contributed by atoms with Crippen LogP contribution in [0, 0.1) is 0 Å². The normalized spacial score (nSPS) is 15.8. The van der Waals surface area contributed by atoms with E-state index in [4.69, 9.17) is 0 Å². The predicted octanol–water partition coefficient (Wildman–Crippen LogP) is 5.34. The Hall–Kier alpha value is -1.85. The highest BCUT2D eigenvalue weighted by Crippen LogP contribution is 2.31. The van der Waals surface area contributed by atoms with Gasteiger partial charge >= 0.3 is 6.18 Å². The molecule has 1 N–H and O–H groups in total. The van der Waals surface area contributed by atoms with E-state index >= 15 is 0 Å². The number of nitrogens with zero attached hydrogens (tertiary/aromatic N) is 1. The van der Waals surface area contributed by atoms with Gasteiger partial charge in [-0.25, -0.2) is 0 Å². The van der Waals surface area contributed by atoms with Gasteiger partial charge in [-0.15, -0.1) is 0 Å². The summed E-state index contributed by atoms with van der Waals surface area (Å²) in [6, 6.07) is 13.3. The second kappa shape index (κ2) is 9.38. The van der Waals surface area contributed by atoms with Crippen LogP contribution in [-0.2, 0) is 12.7 Å². The first-order chi connectivity index (χ1) is 13.0. The number of nitrogens with one attached hydrogen (secondary N) is 1. The van der Waals surface area contributed by atoms with E-state index in [0.29, 0.717) is 0 Å². The Balaban J connectivity index is 1.43. The summed E-state index contributed by atoms with van der Waals surface area (Å²) < 4.78 is 37.9. The zero-order valence-electron chi connectivity index (χ0n) is 15.6. The molecule has 0 aromatic heterocycles. The lowest BCUT2D eigenvalue weighted by Gasteiger charge is -2.26. The van der Waals surface area contributed by atoms with Crippen LogP contribution in [0.1, 0.15) is 36.8 Å². The van der Waals surface area contributed by atoms with Gasteiger partial charge in [0.25, 0.3) is 0 Å². The molecular weight excluding hydrogens is 349 g/mol. The van der Waals surface area contributed by atoms with Crippen molar-refractivity contribution >= 4 is 0 Å². The highest BCUT2D eigenvalue weighted by atomic mass is 19.4. The van der Waals surface area contributed by atoms with Crippen molar-refractivity contribution in [3.63, 3.8) is 0 Å². The van der Waals surface area contributed by atoms with Gasteiger partial charge in [-0.1, -0.05) is 42.8 Å². The number of halogens is 3. The molecule has 2 aromatic rings. The SMILES string of the molecule is FC(F)(F)c1ccc(-c2ccc(CNCCCN3CCCCC3)cc2)cc1. The minimum Gasteiger partial charge on any atom is -0.313 e. The molecule has 1 aliphatic heterocycles. The summed E-state index contributed by atoms with van der Waals surface area (Å²) in [4.78, 5) is 2.55. The molecule has 0 radical (unpaired) electrons. The Bertz CT molecular complexity index is 687. The molecule has 3 rings (SSSR count).